The monoisotopic (exact) mass is 516 g/mol. The minimum absolute atomic E-state index is 0.0808. The number of amides is 7. The minimum atomic E-state index is -1.02. The Morgan fingerprint density at radius 3 is 2.22 bits per heavy atom. The summed E-state index contributed by atoms with van der Waals surface area (Å²) >= 11 is 0. The molecule has 1 aliphatic heterocycles. The maximum Gasteiger partial charge on any atom is 0.312 e. The molecule has 37 heavy (non-hydrogen) atoms. The molecule has 0 aliphatic carbocycles. The van der Waals surface area contributed by atoms with Crippen LogP contribution in [0.15, 0.2) is 36.4 Å². The predicted octanol–water partition coefficient (Wildman–Crippen LogP) is -1.34. The van der Waals surface area contributed by atoms with E-state index in [-0.39, 0.29) is 19.6 Å². The van der Waals surface area contributed by atoms with E-state index in [9.17, 15) is 33.6 Å². The van der Waals surface area contributed by atoms with Gasteiger partial charge in [0, 0.05) is 31.3 Å². The number of rotatable bonds is 13. The summed E-state index contributed by atoms with van der Waals surface area (Å²) in [6, 6.07) is 4.76. The van der Waals surface area contributed by atoms with Gasteiger partial charge in [-0.05, 0) is 30.5 Å². The number of primary amides is 1. The number of imide groups is 1. The van der Waals surface area contributed by atoms with Crippen molar-refractivity contribution in [3.05, 3.63) is 42.0 Å². The average Bonchev–Trinajstić information content (AvgIpc) is 3.16. The first-order valence-corrected chi connectivity index (χ1v) is 11.2. The molecule has 1 atom stereocenters. The van der Waals surface area contributed by atoms with Crippen molar-refractivity contribution in [2.24, 2.45) is 5.73 Å². The number of hydrogen-bond acceptors (Lipinski definition) is 8. The van der Waals surface area contributed by atoms with Crippen LogP contribution in [-0.4, -0.2) is 72.1 Å². The van der Waals surface area contributed by atoms with E-state index in [1.54, 1.807) is 24.3 Å². The van der Waals surface area contributed by atoms with Crippen molar-refractivity contribution in [2.45, 2.75) is 32.4 Å². The number of carbonyl (C=O) groups is 7. The van der Waals surface area contributed by atoms with Crippen LogP contribution in [0.5, 0.6) is 0 Å². The van der Waals surface area contributed by atoms with Crippen molar-refractivity contribution in [3.63, 3.8) is 0 Å². The zero-order valence-electron chi connectivity index (χ0n) is 20.1. The lowest BCUT2D eigenvalue weighted by molar-refractivity contribution is -0.142. The number of hydrogen-bond donors (Lipinski definition) is 5. The number of nitrogens with two attached hydrogens (primary N) is 1. The Balaban J connectivity index is 1.91. The summed E-state index contributed by atoms with van der Waals surface area (Å²) in [4.78, 5) is 82.8. The molecule has 0 bridgehead atoms. The van der Waals surface area contributed by atoms with Gasteiger partial charge in [-0.15, -0.1) is 0 Å². The first kappa shape index (κ1) is 28.5. The molecule has 0 saturated heterocycles. The second-order valence-electron chi connectivity index (χ2n) is 7.89. The second kappa shape index (κ2) is 14.0. The highest BCUT2D eigenvalue weighted by molar-refractivity contribution is 6.14. The van der Waals surface area contributed by atoms with Gasteiger partial charge in [-0.1, -0.05) is 12.1 Å². The smallest absolute Gasteiger partial charge is 0.312 e. The maximum absolute atomic E-state index is 12.8. The van der Waals surface area contributed by atoms with Crippen molar-refractivity contribution in [2.75, 3.05) is 25.0 Å². The van der Waals surface area contributed by atoms with Crippen molar-refractivity contribution in [1.29, 1.82) is 0 Å². The zero-order valence-corrected chi connectivity index (χ0v) is 20.1. The average molecular weight is 517 g/mol. The molecule has 2 rings (SSSR count). The molecule has 7 amide bonds. The van der Waals surface area contributed by atoms with Crippen molar-refractivity contribution < 1.29 is 38.3 Å². The summed E-state index contributed by atoms with van der Waals surface area (Å²) in [6.45, 7) is 0.491. The van der Waals surface area contributed by atoms with Crippen molar-refractivity contribution in [1.82, 2.24) is 20.9 Å². The van der Waals surface area contributed by atoms with E-state index in [1.807, 2.05) is 0 Å². The highest BCUT2D eigenvalue weighted by Crippen LogP contribution is 2.12. The molecule has 1 aromatic rings. The van der Waals surface area contributed by atoms with Crippen LogP contribution in [0.3, 0.4) is 0 Å². The van der Waals surface area contributed by atoms with Gasteiger partial charge in [-0.3, -0.25) is 33.7 Å². The Kier molecular flexibility index (Phi) is 10.8. The van der Waals surface area contributed by atoms with E-state index >= 15 is 0 Å². The highest BCUT2D eigenvalue weighted by Gasteiger charge is 2.26. The van der Waals surface area contributed by atoms with E-state index in [0.717, 1.165) is 12.2 Å². The van der Waals surface area contributed by atoms with Crippen LogP contribution in [0.1, 0.15) is 25.3 Å². The number of carbonyl (C=O) groups excluding carboxylic acids is 7. The number of benzene rings is 1. The molecule has 1 aromatic carbocycles. The fraction of sp³-hybridized carbons (Fsp3) is 0.348. The Morgan fingerprint density at radius 1 is 0.973 bits per heavy atom. The van der Waals surface area contributed by atoms with E-state index in [1.165, 1.54) is 6.92 Å². The van der Waals surface area contributed by atoms with Gasteiger partial charge in [0.15, 0.2) is 0 Å². The molecule has 0 radical (unpaired) electrons. The third kappa shape index (κ3) is 10.2. The fourth-order valence-corrected chi connectivity index (χ4v) is 3.10. The van der Waals surface area contributed by atoms with Gasteiger partial charge in [-0.25, -0.2) is 4.79 Å². The molecule has 14 heteroatoms. The zero-order chi connectivity index (χ0) is 27.4. The van der Waals surface area contributed by atoms with Crippen LogP contribution in [-0.2, 0) is 40.1 Å². The lowest BCUT2D eigenvalue weighted by atomic mass is 10.1. The maximum atomic E-state index is 12.8. The third-order valence-corrected chi connectivity index (χ3v) is 4.93. The molecule has 1 aliphatic rings. The van der Waals surface area contributed by atoms with Crippen molar-refractivity contribution >= 4 is 47.2 Å². The van der Waals surface area contributed by atoms with Gasteiger partial charge in [0.1, 0.15) is 19.2 Å². The Labute approximate surface area is 211 Å². The van der Waals surface area contributed by atoms with Crippen LogP contribution in [0.4, 0.5) is 10.5 Å². The molecular formula is C23H28N6O8. The summed E-state index contributed by atoms with van der Waals surface area (Å²) in [5.41, 5.74) is 6.16. The number of nitrogens with one attached hydrogen (secondary N) is 4. The molecule has 198 valence electrons. The van der Waals surface area contributed by atoms with Crippen LogP contribution < -0.4 is 27.0 Å². The quantitative estimate of drug-likeness (QED) is 0.120. The number of ether oxygens (including phenoxy) is 1. The second-order valence-corrected chi connectivity index (χ2v) is 7.89. The van der Waals surface area contributed by atoms with Crippen LogP contribution in [0.2, 0.25) is 0 Å². The number of anilines is 1. The molecule has 0 spiro atoms. The SMILES string of the molecule is CC(=O)OCc1ccc(NC(=O)C(CCCNC(N)=O)NC(=O)CNC(=O)CN2C(=O)C=CC2=O)cc1. The van der Waals surface area contributed by atoms with Gasteiger partial charge < -0.3 is 31.7 Å². The van der Waals surface area contributed by atoms with Crippen LogP contribution >= 0.6 is 0 Å². The largest absolute Gasteiger partial charge is 0.461 e. The first-order valence-electron chi connectivity index (χ1n) is 11.2. The van der Waals surface area contributed by atoms with Gasteiger partial charge in [0.2, 0.25) is 17.7 Å². The third-order valence-electron chi connectivity index (χ3n) is 4.93. The summed E-state index contributed by atoms with van der Waals surface area (Å²) in [5.74, 6) is -3.67. The van der Waals surface area contributed by atoms with Crippen molar-refractivity contribution in [3.8, 4) is 0 Å². The van der Waals surface area contributed by atoms with Gasteiger partial charge in [0.05, 0.1) is 6.54 Å². The lowest BCUT2D eigenvalue weighted by Crippen LogP contribution is -2.49. The number of esters is 1. The molecule has 1 unspecified atom stereocenters. The summed E-state index contributed by atoms with van der Waals surface area (Å²) in [6.07, 6.45) is 2.51. The topological polar surface area (TPSA) is 206 Å². The Bertz CT molecular complexity index is 1070. The van der Waals surface area contributed by atoms with E-state index in [4.69, 9.17) is 10.5 Å². The minimum Gasteiger partial charge on any atom is -0.461 e. The lowest BCUT2D eigenvalue weighted by Gasteiger charge is -2.19. The van der Waals surface area contributed by atoms with Crippen LogP contribution in [0, 0.1) is 0 Å². The summed E-state index contributed by atoms with van der Waals surface area (Å²) in [5, 5.41) is 9.85. The number of nitrogens with zero attached hydrogens (tertiary/aromatic N) is 1. The van der Waals surface area contributed by atoms with E-state index in [2.05, 4.69) is 21.3 Å². The van der Waals surface area contributed by atoms with E-state index in [0.29, 0.717) is 22.6 Å². The molecular weight excluding hydrogens is 488 g/mol. The normalized spacial score (nSPS) is 13.1. The molecule has 0 fully saturated rings. The fourth-order valence-electron chi connectivity index (χ4n) is 3.10. The molecule has 14 nitrogen and oxygen atoms in total. The highest BCUT2D eigenvalue weighted by atomic mass is 16.5. The number of urea groups is 1. The molecule has 0 saturated carbocycles. The Hall–Kier alpha value is -4.75. The predicted molar refractivity (Wildman–Crippen MR) is 128 cm³/mol. The van der Waals surface area contributed by atoms with Gasteiger partial charge in [0.25, 0.3) is 11.8 Å². The summed E-state index contributed by atoms with van der Waals surface area (Å²) < 4.78 is 4.91. The molecule has 0 aromatic heterocycles. The molecule has 6 N–H and O–H groups in total. The van der Waals surface area contributed by atoms with E-state index < -0.39 is 60.7 Å². The summed E-state index contributed by atoms with van der Waals surface area (Å²) in [7, 11) is 0. The van der Waals surface area contributed by atoms with Gasteiger partial charge >= 0.3 is 12.0 Å². The standard InChI is InChI=1S/C23H28N6O8/c1-14(30)37-13-15-4-6-16(7-5-15)27-22(35)17(3-2-10-25-23(24)36)28-18(31)11-26-19(32)12-29-20(33)8-9-21(29)34/h4-9,17H,2-3,10-13H2,1H3,(H,26,32)(H,27,35)(H,28,31)(H3,24,25,36). The Morgan fingerprint density at radius 2 is 1.62 bits per heavy atom. The molecule has 1 heterocycles. The van der Waals surface area contributed by atoms with Gasteiger partial charge in [-0.2, -0.15) is 0 Å². The van der Waals surface area contributed by atoms with Crippen LogP contribution in [0.25, 0.3) is 0 Å². The first-order chi connectivity index (χ1) is 17.5.